The standard InChI is InChI=1S/C13H13N3O2S/c1-8-9(2)19-13(15-8)16-14-7-10-3-5-11(6-4-10)12(17)18/h3-7H,1-2H3,(H,15,16)(H,17,18)/b14-7-. The number of nitrogens with one attached hydrogen (secondary N) is 1. The summed E-state index contributed by atoms with van der Waals surface area (Å²) in [7, 11) is 0. The van der Waals surface area contributed by atoms with Gasteiger partial charge in [0, 0.05) is 4.88 Å². The number of aryl methyl sites for hydroxylation is 2. The van der Waals surface area contributed by atoms with Gasteiger partial charge in [-0.25, -0.2) is 9.78 Å². The number of carboxylic acid groups (broad SMARTS) is 1. The molecule has 0 bridgehead atoms. The lowest BCUT2D eigenvalue weighted by Gasteiger charge is -1.96. The molecule has 1 heterocycles. The molecule has 2 aromatic rings. The lowest BCUT2D eigenvalue weighted by molar-refractivity contribution is 0.0697. The van der Waals surface area contributed by atoms with E-state index in [1.54, 1.807) is 41.8 Å². The van der Waals surface area contributed by atoms with Gasteiger partial charge < -0.3 is 5.11 Å². The summed E-state index contributed by atoms with van der Waals surface area (Å²) in [5.41, 5.74) is 4.93. The molecule has 2 rings (SSSR count). The molecule has 0 aliphatic rings. The minimum absolute atomic E-state index is 0.260. The Morgan fingerprint density at radius 3 is 2.58 bits per heavy atom. The molecule has 0 unspecified atom stereocenters. The zero-order valence-corrected chi connectivity index (χ0v) is 11.4. The van der Waals surface area contributed by atoms with E-state index in [0.717, 1.165) is 21.3 Å². The second-order valence-electron chi connectivity index (χ2n) is 3.96. The van der Waals surface area contributed by atoms with E-state index >= 15 is 0 Å². The molecule has 0 aliphatic heterocycles. The lowest BCUT2D eigenvalue weighted by atomic mass is 10.1. The Kier molecular flexibility index (Phi) is 3.91. The Bertz CT molecular complexity index is 598. The van der Waals surface area contributed by atoms with Crippen molar-refractivity contribution in [3.05, 3.63) is 46.0 Å². The topological polar surface area (TPSA) is 74.6 Å². The summed E-state index contributed by atoms with van der Waals surface area (Å²) in [5, 5.41) is 13.6. The van der Waals surface area contributed by atoms with Crippen molar-refractivity contribution in [3.63, 3.8) is 0 Å². The molecular weight excluding hydrogens is 262 g/mol. The van der Waals surface area contributed by atoms with Crippen molar-refractivity contribution in [1.82, 2.24) is 4.98 Å². The molecule has 6 heteroatoms. The highest BCUT2D eigenvalue weighted by Crippen LogP contribution is 2.20. The van der Waals surface area contributed by atoms with Gasteiger partial charge in [-0.05, 0) is 31.5 Å². The van der Waals surface area contributed by atoms with Gasteiger partial charge in [-0.3, -0.25) is 5.43 Å². The third-order valence-electron chi connectivity index (χ3n) is 2.56. The number of hydrogen-bond donors (Lipinski definition) is 2. The van der Waals surface area contributed by atoms with Gasteiger partial charge >= 0.3 is 5.97 Å². The number of hydrogen-bond acceptors (Lipinski definition) is 5. The first-order chi connectivity index (χ1) is 9.06. The van der Waals surface area contributed by atoms with Crippen molar-refractivity contribution in [2.45, 2.75) is 13.8 Å². The Morgan fingerprint density at radius 2 is 2.05 bits per heavy atom. The van der Waals surface area contributed by atoms with Gasteiger partial charge in [0.2, 0.25) is 5.13 Å². The lowest BCUT2D eigenvalue weighted by Crippen LogP contribution is -1.96. The highest BCUT2D eigenvalue weighted by Gasteiger charge is 2.02. The minimum atomic E-state index is -0.935. The molecule has 2 N–H and O–H groups in total. The second-order valence-corrected chi connectivity index (χ2v) is 5.16. The maximum Gasteiger partial charge on any atom is 0.335 e. The largest absolute Gasteiger partial charge is 0.478 e. The summed E-state index contributed by atoms with van der Waals surface area (Å²) in [4.78, 5) is 16.1. The van der Waals surface area contributed by atoms with Crippen molar-refractivity contribution in [3.8, 4) is 0 Å². The van der Waals surface area contributed by atoms with Crippen molar-refractivity contribution < 1.29 is 9.90 Å². The van der Waals surface area contributed by atoms with Gasteiger partial charge in [-0.2, -0.15) is 5.10 Å². The number of benzene rings is 1. The fourth-order valence-corrected chi connectivity index (χ4v) is 2.16. The number of carboxylic acids is 1. The first kappa shape index (κ1) is 13.2. The van der Waals surface area contributed by atoms with Crippen LogP contribution in [0.2, 0.25) is 0 Å². The summed E-state index contributed by atoms with van der Waals surface area (Å²) in [5.74, 6) is -0.935. The molecule has 1 aromatic heterocycles. The Hall–Kier alpha value is -2.21. The molecule has 0 radical (unpaired) electrons. The quantitative estimate of drug-likeness (QED) is 0.664. The smallest absolute Gasteiger partial charge is 0.335 e. The van der Waals surface area contributed by atoms with E-state index in [0.29, 0.717) is 0 Å². The number of hydrazone groups is 1. The number of thiazole rings is 1. The van der Waals surface area contributed by atoms with E-state index in [2.05, 4.69) is 15.5 Å². The van der Waals surface area contributed by atoms with Crippen molar-refractivity contribution in [1.29, 1.82) is 0 Å². The SMILES string of the molecule is Cc1nc(N/N=C\c2ccc(C(=O)O)cc2)sc1C. The minimum Gasteiger partial charge on any atom is -0.478 e. The summed E-state index contributed by atoms with van der Waals surface area (Å²) in [6.45, 7) is 3.96. The van der Waals surface area contributed by atoms with Crippen LogP contribution in [0.3, 0.4) is 0 Å². The number of anilines is 1. The predicted molar refractivity (Wildman–Crippen MR) is 76.2 cm³/mol. The summed E-state index contributed by atoms with van der Waals surface area (Å²) in [6, 6.07) is 6.49. The molecule has 0 saturated heterocycles. The van der Waals surface area contributed by atoms with Gasteiger partial charge in [-0.15, -0.1) is 11.3 Å². The van der Waals surface area contributed by atoms with E-state index in [-0.39, 0.29) is 5.56 Å². The number of nitrogens with zero attached hydrogens (tertiary/aromatic N) is 2. The van der Waals surface area contributed by atoms with Gasteiger partial charge in [0.05, 0.1) is 17.5 Å². The normalized spacial score (nSPS) is 10.8. The first-order valence-electron chi connectivity index (χ1n) is 5.63. The molecule has 5 nitrogen and oxygen atoms in total. The third-order valence-corrected chi connectivity index (χ3v) is 3.54. The zero-order chi connectivity index (χ0) is 13.8. The van der Waals surface area contributed by atoms with Crippen LogP contribution in [-0.2, 0) is 0 Å². The second kappa shape index (κ2) is 5.62. The molecule has 98 valence electrons. The molecule has 1 aromatic carbocycles. The van der Waals surface area contributed by atoms with Crippen LogP contribution in [0.25, 0.3) is 0 Å². The monoisotopic (exact) mass is 275 g/mol. The maximum atomic E-state index is 10.7. The fourth-order valence-electron chi connectivity index (χ4n) is 1.39. The summed E-state index contributed by atoms with van der Waals surface area (Å²) < 4.78 is 0. The molecule has 0 amide bonds. The average molecular weight is 275 g/mol. The number of rotatable bonds is 4. The van der Waals surface area contributed by atoms with Crippen LogP contribution in [0.4, 0.5) is 5.13 Å². The van der Waals surface area contributed by atoms with Crippen LogP contribution in [0, 0.1) is 13.8 Å². The van der Waals surface area contributed by atoms with Gasteiger partial charge in [0.1, 0.15) is 0 Å². The first-order valence-corrected chi connectivity index (χ1v) is 6.44. The van der Waals surface area contributed by atoms with E-state index in [1.807, 2.05) is 13.8 Å². The molecule has 0 aliphatic carbocycles. The van der Waals surface area contributed by atoms with E-state index < -0.39 is 5.97 Å². The van der Waals surface area contributed by atoms with E-state index in [4.69, 9.17) is 5.11 Å². The Balaban J connectivity index is 2.00. The van der Waals surface area contributed by atoms with Crippen LogP contribution in [0.15, 0.2) is 29.4 Å². The number of carbonyl (C=O) groups is 1. The van der Waals surface area contributed by atoms with Crippen molar-refractivity contribution in [2.75, 3.05) is 5.43 Å². The fraction of sp³-hybridized carbons (Fsp3) is 0.154. The van der Waals surface area contributed by atoms with Gasteiger partial charge in [0.15, 0.2) is 0 Å². The van der Waals surface area contributed by atoms with Gasteiger partial charge in [0.25, 0.3) is 0 Å². The van der Waals surface area contributed by atoms with E-state index in [9.17, 15) is 4.79 Å². The van der Waals surface area contributed by atoms with E-state index in [1.165, 1.54) is 0 Å². The molecule has 0 saturated carbocycles. The molecule has 19 heavy (non-hydrogen) atoms. The summed E-state index contributed by atoms with van der Waals surface area (Å²) >= 11 is 1.54. The number of aromatic carboxylic acids is 1. The Labute approximate surface area is 114 Å². The van der Waals surface area contributed by atoms with Crippen LogP contribution >= 0.6 is 11.3 Å². The molecular formula is C13H13N3O2S. The molecule has 0 fully saturated rings. The molecule has 0 spiro atoms. The third kappa shape index (κ3) is 3.38. The van der Waals surface area contributed by atoms with Crippen LogP contribution in [0.1, 0.15) is 26.5 Å². The van der Waals surface area contributed by atoms with Crippen molar-refractivity contribution >= 4 is 28.7 Å². The predicted octanol–water partition coefficient (Wildman–Crippen LogP) is 2.90. The number of aromatic nitrogens is 1. The maximum absolute atomic E-state index is 10.7. The highest BCUT2D eigenvalue weighted by atomic mass is 32.1. The zero-order valence-electron chi connectivity index (χ0n) is 10.5. The Morgan fingerprint density at radius 1 is 1.37 bits per heavy atom. The average Bonchev–Trinajstić information content (AvgIpc) is 2.69. The van der Waals surface area contributed by atoms with Gasteiger partial charge in [-0.1, -0.05) is 12.1 Å². The molecule has 0 atom stereocenters. The highest BCUT2D eigenvalue weighted by molar-refractivity contribution is 7.15. The van der Waals surface area contributed by atoms with Crippen LogP contribution in [-0.4, -0.2) is 22.3 Å². The van der Waals surface area contributed by atoms with Crippen molar-refractivity contribution in [2.24, 2.45) is 5.10 Å². The summed E-state index contributed by atoms with van der Waals surface area (Å²) in [6.07, 6.45) is 1.62. The van der Waals surface area contributed by atoms with Crippen LogP contribution < -0.4 is 5.43 Å². The van der Waals surface area contributed by atoms with Crippen LogP contribution in [0.5, 0.6) is 0 Å².